The van der Waals surface area contributed by atoms with Gasteiger partial charge in [0, 0.05) is 32.1 Å². The first-order valence-electron chi connectivity index (χ1n) is 9.52. The maximum atomic E-state index is 13.3. The van der Waals surface area contributed by atoms with Crippen LogP contribution in [0.2, 0.25) is 0 Å². The van der Waals surface area contributed by atoms with Crippen LogP contribution in [0, 0.1) is 11.7 Å². The van der Waals surface area contributed by atoms with E-state index in [0.29, 0.717) is 11.8 Å². The summed E-state index contributed by atoms with van der Waals surface area (Å²) in [4.78, 5) is 5.19. The van der Waals surface area contributed by atoms with E-state index in [4.69, 9.17) is 0 Å². The zero-order valence-corrected chi connectivity index (χ0v) is 14.8. The van der Waals surface area contributed by atoms with Gasteiger partial charge in [-0.15, -0.1) is 0 Å². The van der Waals surface area contributed by atoms with Crippen molar-refractivity contribution in [3.05, 3.63) is 71.5 Å². The highest BCUT2D eigenvalue weighted by molar-refractivity contribution is 5.24. The van der Waals surface area contributed by atoms with Crippen molar-refractivity contribution in [2.75, 3.05) is 32.7 Å². The van der Waals surface area contributed by atoms with E-state index in [1.54, 1.807) is 12.1 Å². The first-order chi connectivity index (χ1) is 12.3. The van der Waals surface area contributed by atoms with Crippen molar-refractivity contribution in [2.24, 2.45) is 5.92 Å². The number of likely N-dealkylation sites (tertiary alicyclic amines) is 2. The van der Waals surface area contributed by atoms with Crippen LogP contribution in [-0.2, 0) is 6.54 Å². The Bertz CT molecular complexity index is 664. The van der Waals surface area contributed by atoms with Crippen molar-refractivity contribution in [1.82, 2.24) is 9.80 Å². The van der Waals surface area contributed by atoms with Gasteiger partial charge in [-0.3, -0.25) is 4.90 Å². The topological polar surface area (TPSA) is 6.48 Å². The molecule has 4 rings (SSSR count). The standard InChI is InChI=1S/C22H27FN2/c23-21-10-8-19(9-11-21)22-17-25(14-18-6-2-1-3-7-18)16-20(22)15-24-12-4-5-13-24/h1-3,6-11,20,22H,4-5,12-17H2. The number of rotatable bonds is 5. The largest absolute Gasteiger partial charge is 0.303 e. The summed E-state index contributed by atoms with van der Waals surface area (Å²) in [5, 5.41) is 0. The summed E-state index contributed by atoms with van der Waals surface area (Å²) in [5.74, 6) is 0.996. The Kier molecular flexibility index (Phi) is 5.14. The van der Waals surface area contributed by atoms with Crippen molar-refractivity contribution in [1.29, 1.82) is 0 Å². The van der Waals surface area contributed by atoms with Gasteiger partial charge >= 0.3 is 0 Å². The monoisotopic (exact) mass is 338 g/mol. The molecular formula is C22H27FN2. The van der Waals surface area contributed by atoms with E-state index in [0.717, 1.165) is 19.6 Å². The Balaban J connectivity index is 1.49. The van der Waals surface area contributed by atoms with Gasteiger partial charge in [-0.05, 0) is 55.1 Å². The summed E-state index contributed by atoms with van der Waals surface area (Å²) in [6.45, 7) is 6.87. The summed E-state index contributed by atoms with van der Waals surface area (Å²) in [6, 6.07) is 17.9. The summed E-state index contributed by atoms with van der Waals surface area (Å²) in [7, 11) is 0. The molecule has 0 aromatic heterocycles. The Morgan fingerprint density at radius 1 is 0.840 bits per heavy atom. The van der Waals surface area contributed by atoms with Crippen LogP contribution in [-0.4, -0.2) is 42.5 Å². The van der Waals surface area contributed by atoms with Gasteiger partial charge in [-0.2, -0.15) is 0 Å². The second-order valence-electron chi connectivity index (χ2n) is 7.61. The molecule has 0 bridgehead atoms. The zero-order chi connectivity index (χ0) is 17.1. The van der Waals surface area contributed by atoms with E-state index in [2.05, 4.69) is 40.1 Å². The van der Waals surface area contributed by atoms with E-state index >= 15 is 0 Å². The average Bonchev–Trinajstić information content (AvgIpc) is 3.27. The number of halogens is 1. The fraction of sp³-hybridized carbons (Fsp3) is 0.455. The summed E-state index contributed by atoms with van der Waals surface area (Å²) < 4.78 is 13.3. The van der Waals surface area contributed by atoms with Gasteiger partial charge in [0.2, 0.25) is 0 Å². The van der Waals surface area contributed by atoms with Crippen molar-refractivity contribution in [3.63, 3.8) is 0 Å². The van der Waals surface area contributed by atoms with Crippen LogP contribution in [0.15, 0.2) is 54.6 Å². The van der Waals surface area contributed by atoms with Crippen molar-refractivity contribution >= 4 is 0 Å². The smallest absolute Gasteiger partial charge is 0.123 e. The zero-order valence-electron chi connectivity index (χ0n) is 14.8. The summed E-state index contributed by atoms with van der Waals surface area (Å²) >= 11 is 0. The molecule has 0 amide bonds. The minimum Gasteiger partial charge on any atom is -0.303 e. The van der Waals surface area contributed by atoms with E-state index in [-0.39, 0.29) is 5.82 Å². The lowest BCUT2D eigenvalue weighted by molar-refractivity contribution is 0.257. The fourth-order valence-electron chi connectivity index (χ4n) is 4.50. The van der Waals surface area contributed by atoms with Gasteiger partial charge in [0.05, 0.1) is 0 Å². The normalized spacial score (nSPS) is 24.8. The van der Waals surface area contributed by atoms with Crippen molar-refractivity contribution in [3.8, 4) is 0 Å². The van der Waals surface area contributed by atoms with Crippen LogP contribution >= 0.6 is 0 Å². The molecule has 2 aliphatic heterocycles. The first kappa shape index (κ1) is 16.7. The lowest BCUT2D eigenvalue weighted by Crippen LogP contribution is -2.30. The quantitative estimate of drug-likeness (QED) is 0.808. The molecule has 2 aromatic carbocycles. The lowest BCUT2D eigenvalue weighted by atomic mass is 9.88. The molecule has 0 saturated carbocycles. The van der Waals surface area contributed by atoms with E-state index in [1.165, 1.54) is 43.6 Å². The minimum absolute atomic E-state index is 0.140. The maximum Gasteiger partial charge on any atom is 0.123 e. The molecule has 132 valence electrons. The molecule has 2 aromatic rings. The average molecular weight is 338 g/mol. The van der Waals surface area contributed by atoms with Crippen LogP contribution in [0.3, 0.4) is 0 Å². The number of benzene rings is 2. The fourth-order valence-corrected chi connectivity index (χ4v) is 4.50. The number of hydrogen-bond acceptors (Lipinski definition) is 2. The van der Waals surface area contributed by atoms with Gasteiger partial charge in [0.15, 0.2) is 0 Å². The minimum atomic E-state index is -0.140. The van der Waals surface area contributed by atoms with Gasteiger partial charge in [-0.1, -0.05) is 42.5 Å². The molecule has 2 unspecified atom stereocenters. The molecule has 2 aliphatic rings. The Labute approximate surface area is 150 Å². The third-order valence-corrected chi connectivity index (χ3v) is 5.76. The molecule has 2 saturated heterocycles. The molecular weight excluding hydrogens is 311 g/mol. The Hall–Kier alpha value is -1.71. The molecule has 2 nitrogen and oxygen atoms in total. The van der Waals surface area contributed by atoms with Gasteiger partial charge in [-0.25, -0.2) is 4.39 Å². The molecule has 0 radical (unpaired) electrons. The van der Waals surface area contributed by atoms with Crippen molar-refractivity contribution < 1.29 is 4.39 Å². The molecule has 3 heteroatoms. The molecule has 2 atom stereocenters. The molecule has 0 aliphatic carbocycles. The van der Waals surface area contributed by atoms with Crippen LogP contribution in [0.4, 0.5) is 4.39 Å². The highest BCUT2D eigenvalue weighted by Gasteiger charge is 2.35. The molecule has 0 N–H and O–H groups in total. The first-order valence-corrected chi connectivity index (χ1v) is 9.52. The highest BCUT2D eigenvalue weighted by Crippen LogP contribution is 2.34. The second kappa shape index (κ2) is 7.67. The predicted molar refractivity (Wildman–Crippen MR) is 100 cm³/mol. The van der Waals surface area contributed by atoms with Gasteiger partial charge in [0.1, 0.15) is 5.82 Å². The Morgan fingerprint density at radius 3 is 2.28 bits per heavy atom. The summed E-state index contributed by atoms with van der Waals surface area (Å²) in [6.07, 6.45) is 2.67. The maximum absolute atomic E-state index is 13.3. The highest BCUT2D eigenvalue weighted by atomic mass is 19.1. The second-order valence-corrected chi connectivity index (χ2v) is 7.61. The van der Waals surface area contributed by atoms with Crippen LogP contribution < -0.4 is 0 Å². The molecule has 2 fully saturated rings. The van der Waals surface area contributed by atoms with E-state index in [1.807, 2.05) is 12.1 Å². The molecule has 2 heterocycles. The van der Waals surface area contributed by atoms with Crippen LogP contribution in [0.5, 0.6) is 0 Å². The number of hydrogen-bond donors (Lipinski definition) is 0. The Morgan fingerprint density at radius 2 is 1.56 bits per heavy atom. The lowest BCUT2D eigenvalue weighted by Gasteiger charge is -2.24. The van der Waals surface area contributed by atoms with Gasteiger partial charge < -0.3 is 4.90 Å². The molecule has 0 spiro atoms. The van der Waals surface area contributed by atoms with Gasteiger partial charge in [0.25, 0.3) is 0 Å². The molecule has 25 heavy (non-hydrogen) atoms. The van der Waals surface area contributed by atoms with E-state index < -0.39 is 0 Å². The SMILES string of the molecule is Fc1ccc(C2CN(Cc3ccccc3)CC2CN2CCCC2)cc1. The van der Waals surface area contributed by atoms with Crippen LogP contribution in [0.1, 0.15) is 29.9 Å². The predicted octanol–water partition coefficient (Wildman–Crippen LogP) is 4.14. The van der Waals surface area contributed by atoms with E-state index in [9.17, 15) is 4.39 Å². The van der Waals surface area contributed by atoms with Crippen LogP contribution in [0.25, 0.3) is 0 Å². The number of nitrogens with zero attached hydrogens (tertiary/aromatic N) is 2. The third kappa shape index (κ3) is 4.10. The third-order valence-electron chi connectivity index (χ3n) is 5.76. The summed E-state index contributed by atoms with van der Waals surface area (Å²) in [5.41, 5.74) is 2.67. The van der Waals surface area contributed by atoms with Crippen molar-refractivity contribution in [2.45, 2.75) is 25.3 Å².